The first-order valence-electron chi connectivity index (χ1n) is 9.90. The minimum absolute atomic E-state index is 0.0352. The van der Waals surface area contributed by atoms with Gasteiger partial charge in [-0.15, -0.1) is 0 Å². The third kappa shape index (κ3) is 5.67. The van der Waals surface area contributed by atoms with Crippen LogP contribution in [0, 0.1) is 5.82 Å². The van der Waals surface area contributed by atoms with Crippen LogP contribution in [-0.2, 0) is 16.0 Å². The highest BCUT2D eigenvalue weighted by molar-refractivity contribution is 8.18. The zero-order valence-electron chi connectivity index (χ0n) is 17.7. The maximum Gasteiger partial charge on any atom is 0.293 e. The van der Waals surface area contributed by atoms with E-state index in [9.17, 15) is 18.8 Å². The fourth-order valence-corrected chi connectivity index (χ4v) is 4.00. The van der Waals surface area contributed by atoms with E-state index < -0.39 is 17.0 Å². The number of hydrogen-bond donors (Lipinski definition) is 1. The largest absolute Gasteiger partial charge is 0.497 e. The maximum absolute atomic E-state index is 13.8. The summed E-state index contributed by atoms with van der Waals surface area (Å²) in [5.74, 6) is 0.142. The van der Waals surface area contributed by atoms with Crippen molar-refractivity contribution in [1.29, 1.82) is 0 Å². The van der Waals surface area contributed by atoms with Gasteiger partial charge in [0.2, 0.25) is 5.91 Å². The molecular weight excluding hydrogens is 435 g/mol. The molecule has 0 bridgehead atoms. The Labute approximate surface area is 189 Å². The number of rotatable bonds is 9. The van der Waals surface area contributed by atoms with Gasteiger partial charge < -0.3 is 14.8 Å². The van der Waals surface area contributed by atoms with Crippen molar-refractivity contribution in [2.24, 2.45) is 0 Å². The molecule has 7 nitrogen and oxygen atoms in total. The molecule has 1 fully saturated rings. The number of nitrogens with one attached hydrogen (secondary N) is 1. The van der Waals surface area contributed by atoms with Crippen LogP contribution < -0.4 is 14.8 Å². The van der Waals surface area contributed by atoms with Gasteiger partial charge in [0.05, 0.1) is 19.1 Å². The molecule has 2 aromatic rings. The number of benzene rings is 2. The van der Waals surface area contributed by atoms with Crippen molar-refractivity contribution in [3.63, 3.8) is 0 Å². The molecule has 0 unspecified atom stereocenters. The number of ether oxygens (including phenoxy) is 2. The van der Waals surface area contributed by atoms with Crippen LogP contribution in [0.1, 0.15) is 17.5 Å². The van der Waals surface area contributed by atoms with Crippen LogP contribution in [0.5, 0.6) is 11.5 Å². The van der Waals surface area contributed by atoms with E-state index in [0.29, 0.717) is 17.9 Å². The molecule has 0 saturated carbocycles. The van der Waals surface area contributed by atoms with Crippen molar-refractivity contribution < 1.29 is 28.2 Å². The molecule has 2 aromatic carbocycles. The minimum Gasteiger partial charge on any atom is -0.497 e. The van der Waals surface area contributed by atoms with E-state index in [4.69, 9.17) is 9.47 Å². The van der Waals surface area contributed by atoms with Gasteiger partial charge in [-0.3, -0.25) is 19.3 Å². The van der Waals surface area contributed by atoms with Gasteiger partial charge in [-0.25, -0.2) is 4.39 Å². The maximum atomic E-state index is 13.8. The Morgan fingerprint density at radius 1 is 1.16 bits per heavy atom. The molecule has 0 atom stereocenters. The summed E-state index contributed by atoms with van der Waals surface area (Å²) >= 11 is 0.753. The first-order valence-corrected chi connectivity index (χ1v) is 10.7. The Morgan fingerprint density at radius 3 is 2.66 bits per heavy atom. The summed E-state index contributed by atoms with van der Waals surface area (Å²) in [6, 6.07) is 11.4. The van der Waals surface area contributed by atoms with E-state index in [-0.39, 0.29) is 35.9 Å². The molecule has 3 rings (SSSR count). The normalized spacial score (nSPS) is 14.7. The van der Waals surface area contributed by atoms with Gasteiger partial charge in [0, 0.05) is 25.1 Å². The summed E-state index contributed by atoms with van der Waals surface area (Å²) in [5.41, 5.74) is 1.07. The van der Waals surface area contributed by atoms with Gasteiger partial charge in [-0.2, -0.15) is 0 Å². The quantitative estimate of drug-likeness (QED) is 0.578. The highest BCUT2D eigenvalue weighted by atomic mass is 32.2. The first-order chi connectivity index (χ1) is 15.4. The highest BCUT2D eigenvalue weighted by Gasteiger charge is 2.34. The Bertz CT molecular complexity index is 1060. The topological polar surface area (TPSA) is 84.9 Å². The van der Waals surface area contributed by atoms with Crippen molar-refractivity contribution in [2.75, 3.05) is 27.3 Å². The van der Waals surface area contributed by atoms with E-state index in [1.165, 1.54) is 18.2 Å². The van der Waals surface area contributed by atoms with Crippen molar-refractivity contribution in [1.82, 2.24) is 10.2 Å². The fraction of sp³-hybridized carbons (Fsp3) is 0.261. The van der Waals surface area contributed by atoms with Gasteiger partial charge in [-0.1, -0.05) is 18.2 Å². The number of hydrogen-bond acceptors (Lipinski definition) is 6. The average molecular weight is 459 g/mol. The molecule has 32 heavy (non-hydrogen) atoms. The molecule has 1 saturated heterocycles. The van der Waals surface area contributed by atoms with Crippen LogP contribution in [0.4, 0.5) is 9.18 Å². The van der Waals surface area contributed by atoms with E-state index in [1.807, 2.05) is 6.07 Å². The fourth-order valence-electron chi connectivity index (χ4n) is 3.15. The SMILES string of the molecule is COc1ccc(OC)c(CCC(=O)NCCN2C(=O)S/C(=C\c3ccccc3F)C2=O)c1. The van der Waals surface area contributed by atoms with Crippen LogP contribution in [0.3, 0.4) is 0 Å². The molecule has 0 aromatic heterocycles. The number of aryl methyl sites for hydroxylation is 1. The lowest BCUT2D eigenvalue weighted by Gasteiger charge is -2.13. The van der Waals surface area contributed by atoms with Gasteiger partial charge in [0.1, 0.15) is 17.3 Å². The van der Waals surface area contributed by atoms with Crippen LogP contribution in [0.2, 0.25) is 0 Å². The first kappa shape index (κ1) is 23.3. The summed E-state index contributed by atoms with van der Waals surface area (Å²) in [7, 11) is 3.12. The number of thioether (sulfide) groups is 1. The van der Waals surface area contributed by atoms with E-state index in [2.05, 4.69) is 5.32 Å². The third-order valence-electron chi connectivity index (χ3n) is 4.83. The second-order valence-electron chi connectivity index (χ2n) is 6.88. The smallest absolute Gasteiger partial charge is 0.293 e. The summed E-state index contributed by atoms with van der Waals surface area (Å²) in [6.45, 7) is 0.159. The molecule has 1 aliphatic heterocycles. The second-order valence-corrected chi connectivity index (χ2v) is 7.88. The van der Waals surface area contributed by atoms with Crippen LogP contribution in [-0.4, -0.2) is 49.3 Å². The lowest BCUT2D eigenvalue weighted by Crippen LogP contribution is -2.37. The van der Waals surface area contributed by atoms with Gasteiger partial charge in [0.25, 0.3) is 11.1 Å². The number of carbonyl (C=O) groups excluding carboxylic acids is 3. The predicted octanol–water partition coefficient (Wildman–Crippen LogP) is 3.63. The summed E-state index contributed by atoms with van der Waals surface area (Å²) in [4.78, 5) is 38.1. The van der Waals surface area contributed by atoms with Gasteiger partial charge in [-0.05, 0) is 54.1 Å². The molecule has 168 valence electrons. The number of imide groups is 1. The number of nitrogens with zero attached hydrogens (tertiary/aromatic N) is 1. The van der Waals surface area contributed by atoms with E-state index >= 15 is 0 Å². The molecule has 0 aliphatic carbocycles. The van der Waals surface area contributed by atoms with Crippen molar-refractivity contribution in [2.45, 2.75) is 12.8 Å². The standard InChI is InChI=1S/C23H23FN2O5S/c1-30-17-8-9-19(31-2)16(13-17)7-10-21(27)25-11-12-26-22(28)20(32-23(26)29)14-15-5-3-4-6-18(15)24/h3-6,8-9,13-14H,7,10-12H2,1-2H3,(H,25,27)/b20-14-. The summed E-state index contributed by atoms with van der Waals surface area (Å²) < 4.78 is 24.3. The summed E-state index contributed by atoms with van der Waals surface area (Å²) in [6.07, 6.45) is 2.01. The van der Waals surface area contributed by atoms with Crippen molar-refractivity contribution >= 4 is 34.9 Å². The van der Waals surface area contributed by atoms with Gasteiger partial charge in [0.15, 0.2) is 0 Å². The lowest BCUT2D eigenvalue weighted by atomic mass is 10.1. The molecule has 0 radical (unpaired) electrons. The Kier molecular flexibility index (Phi) is 7.88. The van der Waals surface area contributed by atoms with Crippen LogP contribution in [0.15, 0.2) is 47.4 Å². The van der Waals surface area contributed by atoms with E-state index in [1.54, 1.807) is 38.5 Å². The van der Waals surface area contributed by atoms with Gasteiger partial charge >= 0.3 is 0 Å². The summed E-state index contributed by atoms with van der Waals surface area (Å²) in [5, 5.41) is 2.26. The molecule has 1 heterocycles. The molecule has 3 amide bonds. The highest BCUT2D eigenvalue weighted by Crippen LogP contribution is 2.32. The average Bonchev–Trinajstić information content (AvgIpc) is 3.06. The van der Waals surface area contributed by atoms with Crippen LogP contribution in [0.25, 0.3) is 6.08 Å². The van der Waals surface area contributed by atoms with Crippen molar-refractivity contribution in [3.05, 3.63) is 64.3 Å². The Hall–Kier alpha value is -3.33. The number of methoxy groups -OCH3 is 2. The van der Waals surface area contributed by atoms with E-state index in [0.717, 1.165) is 22.2 Å². The molecule has 1 N–H and O–H groups in total. The predicted molar refractivity (Wildman–Crippen MR) is 120 cm³/mol. The minimum atomic E-state index is -0.501. The number of amides is 3. The Morgan fingerprint density at radius 2 is 1.94 bits per heavy atom. The molecular formula is C23H23FN2O5S. The lowest BCUT2D eigenvalue weighted by molar-refractivity contribution is -0.124. The number of halogens is 1. The second kappa shape index (κ2) is 10.8. The monoisotopic (exact) mass is 458 g/mol. The van der Waals surface area contributed by atoms with Crippen LogP contribution >= 0.6 is 11.8 Å². The molecule has 1 aliphatic rings. The molecule has 9 heteroatoms. The van der Waals surface area contributed by atoms with Crippen molar-refractivity contribution in [3.8, 4) is 11.5 Å². The molecule has 0 spiro atoms. The Balaban J connectivity index is 1.51. The zero-order valence-corrected chi connectivity index (χ0v) is 18.5. The zero-order chi connectivity index (χ0) is 23.1. The number of carbonyl (C=O) groups is 3. The third-order valence-corrected chi connectivity index (χ3v) is 5.74.